The minimum absolute atomic E-state index is 0.0212. The van der Waals surface area contributed by atoms with Gasteiger partial charge < -0.3 is 10.1 Å². The second-order valence-corrected chi connectivity index (χ2v) is 9.21. The van der Waals surface area contributed by atoms with E-state index >= 15 is 0 Å². The third kappa shape index (κ3) is 4.08. The molecule has 1 heterocycles. The average molecular weight is 513 g/mol. The molecule has 1 aliphatic rings. The van der Waals surface area contributed by atoms with Crippen molar-refractivity contribution in [2.24, 2.45) is 0 Å². The fraction of sp³-hybridized carbons (Fsp3) is 0.0741. The van der Waals surface area contributed by atoms with Gasteiger partial charge in [-0.2, -0.15) is 0 Å². The fourth-order valence-electron chi connectivity index (χ4n) is 4.30. The van der Waals surface area contributed by atoms with Crippen molar-refractivity contribution in [3.63, 3.8) is 0 Å². The van der Waals surface area contributed by atoms with Gasteiger partial charge in [-0.3, -0.25) is 4.79 Å². The van der Waals surface area contributed by atoms with E-state index in [0.717, 1.165) is 22.3 Å². The summed E-state index contributed by atoms with van der Waals surface area (Å²) in [5.74, 6) is -0.785. The van der Waals surface area contributed by atoms with Gasteiger partial charge in [0.05, 0.1) is 5.02 Å². The monoisotopic (exact) mass is 511 g/mol. The van der Waals surface area contributed by atoms with Crippen LogP contribution in [0.5, 0.6) is 0 Å². The predicted molar refractivity (Wildman–Crippen MR) is 134 cm³/mol. The summed E-state index contributed by atoms with van der Waals surface area (Å²) in [4.78, 5) is 12.6. The van der Waals surface area contributed by atoms with Gasteiger partial charge in [-0.1, -0.05) is 71.2 Å². The Bertz CT molecular complexity index is 1380. The molecule has 0 bridgehead atoms. The zero-order valence-electron chi connectivity index (χ0n) is 17.6. The maximum Gasteiger partial charge on any atom is 0.250 e. The van der Waals surface area contributed by atoms with Crippen LogP contribution in [0.15, 0.2) is 84.9 Å². The average Bonchev–Trinajstić information content (AvgIpc) is 2.97. The molecular formula is C27H17Cl3FNO2. The Balaban J connectivity index is 1.84. The lowest BCUT2D eigenvalue weighted by Gasteiger charge is -2.35. The first-order chi connectivity index (χ1) is 16.4. The van der Waals surface area contributed by atoms with Gasteiger partial charge in [0.15, 0.2) is 0 Å². The normalized spacial score (nSPS) is 14.8. The van der Waals surface area contributed by atoms with Gasteiger partial charge in [0.25, 0.3) is 0 Å². The molecule has 0 saturated carbocycles. The van der Waals surface area contributed by atoms with E-state index in [1.807, 2.05) is 48.5 Å². The van der Waals surface area contributed by atoms with Gasteiger partial charge in [0.2, 0.25) is 5.91 Å². The molecular weight excluding hydrogens is 496 g/mol. The third-order valence-corrected chi connectivity index (χ3v) is 6.57. The van der Waals surface area contributed by atoms with E-state index in [4.69, 9.17) is 39.5 Å². The molecule has 7 heteroatoms. The number of amides is 1. The van der Waals surface area contributed by atoms with Gasteiger partial charge in [0, 0.05) is 21.3 Å². The van der Waals surface area contributed by atoms with E-state index < -0.39 is 11.4 Å². The number of anilines is 1. The largest absolute Gasteiger partial charge is 0.351 e. The topological polar surface area (TPSA) is 38.3 Å². The highest BCUT2D eigenvalue weighted by atomic mass is 35.5. The number of carbonyl (C=O) groups excluding carboxylic acids is 1. The third-order valence-electron chi connectivity index (χ3n) is 5.81. The molecule has 0 aliphatic carbocycles. The number of benzene rings is 4. The lowest BCUT2D eigenvalue weighted by molar-refractivity contribution is -0.123. The van der Waals surface area contributed by atoms with E-state index in [0.29, 0.717) is 21.3 Å². The maximum absolute atomic E-state index is 13.8. The number of hydrogen-bond acceptors (Lipinski definition) is 2. The zero-order valence-corrected chi connectivity index (χ0v) is 19.9. The van der Waals surface area contributed by atoms with Crippen molar-refractivity contribution >= 4 is 46.4 Å². The van der Waals surface area contributed by atoms with Crippen LogP contribution in [0.3, 0.4) is 0 Å². The van der Waals surface area contributed by atoms with E-state index in [1.165, 1.54) is 6.07 Å². The summed E-state index contributed by atoms with van der Waals surface area (Å²) in [5.41, 5.74) is 3.01. The van der Waals surface area contributed by atoms with E-state index in [2.05, 4.69) is 5.32 Å². The molecule has 0 saturated heterocycles. The van der Waals surface area contributed by atoms with Gasteiger partial charge >= 0.3 is 0 Å². The van der Waals surface area contributed by atoms with Crippen molar-refractivity contribution in [1.29, 1.82) is 0 Å². The minimum Gasteiger partial charge on any atom is -0.351 e. The molecule has 0 radical (unpaired) electrons. The molecule has 0 atom stereocenters. The van der Waals surface area contributed by atoms with Gasteiger partial charge in [0.1, 0.15) is 18.0 Å². The smallest absolute Gasteiger partial charge is 0.250 e. The molecule has 1 amide bonds. The number of nitrogens with one attached hydrogen (secondary N) is 1. The van der Waals surface area contributed by atoms with Crippen LogP contribution < -0.4 is 5.32 Å². The quantitative estimate of drug-likeness (QED) is 0.305. The Labute approximate surface area is 211 Å². The molecule has 0 fully saturated rings. The minimum atomic E-state index is -1.20. The van der Waals surface area contributed by atoms with Crippen LogP contribution in [0.4, 0.5) is 10.1 Å². The van der Waals surface area contributed by atoms with Crippen LogP contribution >= 0.6 is 34.8 Å². The van der Waals surface area contributed by atoms with Gasteiger partial charge in [-0.15, -0.1) is 0 Å². The molecule has 170 valence electrons. The molecule has 34 heavy (non-hydrogen) atoms. The molecule has 4 aromatic carbocycles. The molecule has 0 unspecified atom stereocenters. The number of ether oxygens (including phenoxy) is 1. The molecule has 4 aromatic rings. The first-order valence-corrected chi connectivity index (χ1v) is 11.6. The van der Waals surface area contributed by atoms with Crippen molar-refractivity contribution in [3.05, 3.63) is 123 Å². The summed E-state index contributed by atoms with van der Waals surface area (Å²) >= 11 is 18.8. The van der Waals surface area contributed by atoms with E-state index in [-0.39, 0.29) is 17.5 Å². The van der Waals surface area contributed by atoms with Gasteiger partial charge in [-0.25, -0.2) is 4.39 Å². The van der Waals surface area contributed by atoms with Crippen LogP contribution in [-0.4, -0.2) is 12.5 Å². The summed E-state index contributed by atoms with van der Waals surface area (Å²) in [5, 5.41) is 3.99. The Morgan fingerprint density at radius 1 is 0.794 bits per heavy atom. The second kappa shape index (κ2) is 9.05. The summed E-state index contributed by atoms with van der Waals surface area (Å²) in [6.45, 7) is -0.189. The zero-order chi connectivity index (χ0) is 23.9. The van der Waals surface area contributed by atoms with Crippen molar-refractivity contribution in [3.8, 4) is 11.1 Å². The lowest BCUT2D eigenvalue weighted by atomic mass is 9.78. The summed E-state index contributed by atoms with van der Waals surface area (Å²) in [6, 6.07) is 24.7. The van der Waals surface area contributed by atoms with Crippen molar-refractivity contribution in [2.75, 3.05) is 11.9 Å². The fourth-order valence-corrected chi connectivity index (χ4v) is 4.86. The summed E-state index contributed by atoms with van der Waals surface area (Å²) in [7, 11) is 0. The first kappa shape index (κ1) is 22.9. The molecule has 5 rings (SSSR count). The highest BCUT2D eigenvalue weighted by Gasteiger charge is 2.42. The van der Waals surface area contributed by atoms with Gasteiger partial charge in [-0.05, 0) is 70.8 Å². The number of carbonyl (C=O) groups is 1. The van der Waals surface area contributed by atoms with Crippen LogP contribution in [0.2, 0.25) is 15.1 Å². The Hall–Kier alpha value is -2.89. The number of fused-ring (bicyclic) bond motifs is 1. The van der Waals surface area contributed by atoms with Crippen LogP contribution in [0.25, 0.3) is 11.1 Å². The summed E-state index contributed by atoms with van der Waals surface area (Å²) in [6.07, 6.45) is 0. The summed E-state index contributed by atoms with van der Waals surface area (Å²) < 4.78 is 20.2. The molecule has 1 aliphatic heterocycles. The van der Waals surface area contributed by atoms with Crippen molar-refractivity contribution in [2.45, 2.75) is 5.60 Å². The van der Waals surface area contributed by atoms with E-state index in [1.54, 1.807) is 30.3 Å². The Morgan fingerprint density at radius 3 is 2.03 bits per heavy atom. The molecule has 1 N–H and O–H groups in total. The number of rotatable bonds is 3. The Kier molecular flexibility index (Phi) is 6.09. The van der Waals surface area contributed by atoms with Crippen molar-refractivity contribution in [1.82, 2.24) is 0 Å². The molecule has 3 nitrogen and oxygen atoms in total. The lowest BCUT2D eigenvalue weighted by Crippen LogP contribution is -2.33. The van der Waals surface area contributed by atoms with Crippen LogP contribution in [0, 0.1) is 5.82 Å². The highest BCUT2D eigenvalue weighted by molar-refractivity contribution is 6.31. The van der Waals surface area contributed by atoms with Crippen LogP contribution in [-0.2, 0) is 15.1 Å². The van der Waals surface area contributed by atoms with Crippen LogP contribution in [0.1, 0.15) is 16.7 Å². The molecule has 0 spiro atoms. The second-order valence-electron chi connectivity index (χ2n) is 7.93. The van der Waals surface area contributed by atoms with Crippen molar-refractivity contribution < 1.29 is 13.9 Å². The maximum atomic E-state index is 13.8. The number of halogens is 4. The first-order valence-electron chi connectivity index (χ1n) is 10.4. The SMILES string of the molecule is O=C1COC(c2cccc(Cl)c2)(c2cccc(Cl)c2)c2cc(-c3ccc(F)c(Cl)c3)ccc2N1. The van der Waals surface area contributed by atoms with E-state index in [9.17, 15) is 9.18 Å². The molecule has 0 aromatic heterocycles. The number of hydrogen-bond donors (Lipinski definition) is 1. The highest BCUT2D eigenvalue weighted by Crippen LogP contribution is 2.47. The predicted octanol–water partition coefficient (Wildman–Crippen LogP) is 7.71. The standard InChI is InChI=1S/C27H17Cl3FNO2/c28-20-5-1-3-18(13-20)27(19-4-2-6-21(29)14-19)22-11-16(17-7-9-24(31)23(30)12-17)8-10-25(22)32-26(33)15-34-27/h1-14H,15H2,(H,32,33). The Morgan fingerprint density at radius 2 is 1.41 bits per heavy atom.